The van der Waals surface area contributed by atoms with E-state index in [1.54, 1.807) is 0 Å². The molecule has 0 fully saturated rings. The Kier molecular flexibility index (Phi) is 5.44. The van der Waals surface area contributed by atoms with Gasteiger partial charge in [-0.05, 0) is 38.1 Å². The number of ketones is 1. The zero-order valence-corrected chi connectivity index (χ0v) is 15.3. The smallest absolute Gasteiger partial charge is 0.298 e. The molecule has 0 aliphatic heterocycles. The van der Waals surface area contributed by atoms with E-state index in [1.165, 1.54) is 26.0 Å². The van der Waals surface area contributed by atoms with Gasteiger partial charge in [0.2, 0.25) is 0 Å². The predicted octanol–water partition coefficient (Wildman–Crippen LogP) is 3.51. The lowest BCUT2D eigenvalue weighted by Gasteiger charge is -2.23. The first-order valence-electron chi connectivity index (χ1n) is 7.27. The second-order valence-corrected chi connectivity index (χ2v) is 8.85. The van der Waals surface area contributed by atoms with Gasteiger partial charge in [-0.1, -0.05) is 11.6 Å². The quantitative estimate of drug-likeness (QED) is 0.710. The molecule has 140 valence electrons. The number of halogens is 4. The SMILES string of the molecule is CC(C)(C(=O)Cc1ccc(C(F)(F)F)cn1)S(=O)(=O)c1ccc(Cl)nc1. The van der Waals surface area contributed by atoms with Crippen molar-refractivity contribution in [3.05, 3.63) is 53.1 Å². The number of alkyl halides is 3. The number of carbonyl (C=O) groups is 1. The summed E-state index contributed by atoms with van der Waals surface area (Å²) in [6.07, 6.45) is -3.32. The van der Waals surface area contributed by atoms with Gasteiger partial charge >= 0.3 is 6.18 Å². The summed E-state index contributed by atoms with van der Waals surface area (Å²) < 4.78 is 61.2. The Bertz CT molecular complexity index is 909. The maximum atomic E-state index is 12.7. The normalized spacial score (nSPS) is 12.8. The molecule has 2 aromatic rings. The van der Waals surface area contributed by atoms with Crippen molar-refractivity contribution >= 4 is 27.2 Å². The number of hydrogen-bond acceptors (Lipinski definition) is 5. The first-order valence-corrected chi connectivity index (χ1v) is 9.13. The predicted molar refractivity (Wildman–Crippen MR) is 88.5 cm³/mol. The van der Waals surface area contributed by atoms with Crippen LogP contribution in [0.15, 0.2) is 41.6 Å². The van der Waals surface area contributed by atoms with Gasteiger partial charge in [0.1, 0.15) is 9.90 Å². The zero-order chi connectivity index (χ0) is 19.8. The van der Waals surface area contributed by atoms with Crippen molar-refractivity contribution in [1.29, 1.82) is 0 Å². The lowest BCUT2D eigenvalue weighted by molar-refractivity contribution is -0.137. The summed E-state index contributed by atoms with van der Waals surface area (Å²) in [5.74, 6) is -0.709. The Morgan fingerprint density at radius 3 is 2.19 bits per heavy atom. The highest BCUT2D eigenvalue weighted by atomic mass is 35.5. The van der Waals surface area contributed by atoms with Gasteiger partial charge in [0.05, 0.1) is 16.9 Å². The third-order valence-corrected chi connectivity index (χ3v) is 6.50. The van der Waals surface area contributed by atoms with Gasteiger partial charge in [-0.3, -0.25) is 9.78 Å². The summed E-state index contributed by atoms with van der Waals surface area (Å²) in [6.45, 7) is 2.45. The average molecular weight is 407 g/mol. The molecule has 0 aliphatic carbocycles. The Morgan fingerprint density at radius 1 is 1.08 bits per heavy atom. The molecule has 0 aliphatic rings. The van der Waals surface area contributed by atoms with Crippen LogP contribution in [0.5, 0.6) is 0 Å². The highest BCUT2D eigenvalue weighted by Crippen LogP contribution is 2.30. The number of hydrogen-bond donors (Lipinski definition) is 0. The minimum Gasteiger partial charge on any atom is -0.298 e. The van der Waals surface area contributed by atoms with E-state index in [1.807, 2.05) is 0 Å². The first-order chi connectivity index (χ1) is 11.9. The molecule has 2 rings (SSSR count). The molecule has 0 atom stereocenters. The molecule has 0 unspecified atom stereocenters. The molecule has 0 radical (unpaired) electrons. The van der Waals surface area contributed by atoms with Crippen molar-refractivity contribution in [1.82, 2.24) is 9.97 Å². The highest BCUT2D eigenvalue weighted by Gasteiger charge is 2.42. The summed E-state index contributed by atoms with van der Waals surface area (Å²) in [7, 11) is -4.08. The van der Waals surface area contributed by atoms with E-state index in [4.69, 9.17) is 11.6 Å². The van der Waals surface area contributed by atoms with Crippen LogP contribution in [0.3, 0.4) is 0 Å². The summed E-state index contributed by atoms with van der Waals surface area (Å²) in [5, 5.41) is 0.0991. The summed E-state index contributed by atoms with van der Waals surface area (Å²) in [6, 6.07) is 4.36. The van der Waals surface area contributed by atoms with Crippen LogP contribution in [0.25, 0.3) is 0 Å². The standard InChI is InChI=1S/C16H14ClF3N2O3S/c1-15(2,26(24,25)12-5-6-14(17)22-9-12)13(23)7-11-4-3-10(8-21-11)16(18,19)20/h3-6,8-9H,7H2,1-2H3. The molecule has 0 saturated carbocycles. The summed E-state index contributed by atoms with van der Waals surface area (Å²) >= 11 is 5.63. The van der Waals surface area contributed by atoms with Gasteiger partial charge in [0.25, 0.3) is 0 Å². The largest absolute Gasteiger partial charge is 0.417 e. The first kappa shape index (κ1) is 20.3. The van der Waals surface area contributed by atoms with Crippen molar-refractivity contribution in [3.63, 3.8) is 0 Å². The molecule has 2 aromatic heterocycles. The molecule has 0 N–H and O–H groups in total. The maximum Gasteiger partial charge on any atom is 0.417 e. The van der Waals surface area contributed by atoms with Crippen LogP contribution >= 0.6 is 11.6 Å². The van der Waals surface area contributed by atoms with E-state index in [0.717, 1.165) is 18.3 Å². The fourth-order valence-electron chi connectivity index (χ4n) is 2.04. The number of rotatable bonds is 5. The third-order valence-electron chi connectivity index (χ3n) is 3.85. The monoisotopic (exact) mass is 406 g/mol. The molecule has 5 nitrogen and oxygen atoms in total. The van der Waals surface area contributed by atoms with Gasteiger partial charge in [-0.15, -0.1) is 0 Å². The van der Waals surface area contributed by atoms with Crippen molar-refractivity contribution in [3.8, 4) is 0 Å². The van der Waals surface area contributed by atoms with Gasteiger partial charge in [-0.25, -0.2) is 13.4 Å². The van der Waals surface area contributed by atoms with Crippen molar-refractivity contribution < 1.29 is 26.4 Å². The van der Waals surface area contributed by atoms with Crippen molar-refractivity contribution in [2.75, 3.05) is 0 Å². The zero-order valence-electron chi connectivity index (χ0n) is 13.7. The minimum absolute atomic E-state index is 0.0421. The van der Waals surface area contributed by atoms with Crippen LogP contribution in [-0.2, 0) is 27.2 Å². The molecule has 0 amide bonds. The highest BCUT2D eigenvalue weighted by molar-refractivity contribution is 7.93. The Hall–Kier alpha value is -2.00. The number of Topliss-reactive ketones (excluding diaryl/α,β-unsaturated/α-hetero) is 1. The lowest BCUT2D eigenvalue weighted by atomic mass is 10.0. The third kappa shape index (κ3) is 4.04. The molecule has 0 saturated heterocycles. The Morgan fingerprint density at radius 2 is 1.73 bits per heavy atom. The summed E-state index contributed by atoms with van der Waals surface area (Å²) in [5.41, 5.74) is -0.909. The summed E-state index contributed by atoms with van der Waals surface area (Å²) in [4.78, 5) is 19.6. The molecular formula is C16H14ClF3N2O3S. The maximum absolute atomic E-state index is 12.7. The number of aromatic nitrogens is 2. The van der Waals surface area contributed by atoms with Crippen LogP contribution in [0.1, 0.15) is 25.1 Å². The number of sulfone groups is 1. The molecule has 2 heterocycles. The van der Waals surface area contributed by atoms with E-state index in [9.17, 15) is 26.4 Å². The Labute approximate surface area is 153 Å². The van der Waals surface area contributed by atoms with Crippen LogP contribution in [0, 0.1) is 0 Å². The van der Waals surface area contributed by atoms with E-state index in [0.29, 0.717) is 6.20 Å². The molecule has 0 bridgehead atoms. The molecule has 0 aromatic carbocycles. The Balaban J connectivity index is 2.25. The second-order valence-electron chi connectivity index (χ2n) is 5.97. The van der Waals surface area contributed by atoms with E-state index in [2.05, 4.69) is 9.97 Å². The minimum atomic E-state index is -4.54. The van der Waals surface area contributed by atoms with Crippen LogP contribution < -0.4 is 0 Å². The molecule has 0 spiro atoms. The number of pyridine rings is 2. The van der Waals surface area contributed by atoms with Crippen LogP contribution in [0.4, 0.5) is 13.2 Å². The van der Waals surface area contributed by atoms with Crippen molar-refractivity contribution in [2.24, 2.45) is 0 Å². The van der Waals surface area contributed by atoms with E-state index >= 15 is 0 Å². The van der Waals surface area contributed by atoms with Crippen LogP contribution in [0.2, 0.25) is 5.15 Å². The van der Waals surface area contributed by atoms with E-state index < -0.39 is 38.5 Å². The molecular weight excluding hydrogens is 393 g/mol. The van der Waals surface area contributed by atoms with Crippen LogP contribution in [-0.4, -0.2) is 28.9 Å². The lowest BCUT2D eigenvalue weighted by Crippen LogP contribution is -2.41. The number of carbonyl (C=O) groups excluding carboxylic acids is 1. The second kappa shape index (κ2) is 6.96. The molecule has 26 heavy (non-hydrogen) atoms. The molecule has 10 heteroatoms. The van der Waals surface area contributed by atoms with Gasteiger partial charge < -0.3 is 0 Å². The topological polar surface area (TPSA) is 77.0 Å². The fourth-order valence-corrected chi connectivity index (χ4v) is 3.55. The number of nitrogens with zero attached hydrogens (tertiary/aromatic N) is 2. The van der Waals surface area contributed by atoms with Gasteiger partial charge in [0, 0.05) is 18.1 Å². The van der Waals surface area contributed by atoms with Crippen molar-refractivity contribution in [2.45, 2.75) is 36.1 Å². The van der Waals surface area contributed by atoms with E-state index in [-0.39, 0.29) is 15.7 Å². The van der Waals surface area contributed by atoms with Gasteiger partial charge in [-0.2, -0.15) is 13.2 Å². The average Bonchev–Trinajstić information content (AvgIpc) is 2.54. The van der Waals surface area contributed by atoms with Gasteiger partial charge in [0.15, 0.2) is 15.6 Å². The fraction of sp³-hybridized carbons (Fsp3) is 0.312.